The average molecular weight is 349 g/mol. The fourth-order valence-corrected chi connectivity index (χ4v) is 3.23. The minimum atomic E-state index is -0.165. The SMILES string of the molecule is CC(C)C(=O)N1CCC(Oc2cc3cc[nH]c(=O)c3cc2Cl)CC1. The molecule has 0 aliphatic carbocycles. The number of carbonyl (C=O) groups is 1. The number of aromatic amines is 1. The van der Waals surface area contributed by atoms with E-state index < -0.39 is 0 Å². The number of amides is 1. The lowest BCUT2D eigenvalue weighted by molar-refractivity contribution is -0.136. The van der Waals surface area contributed by atoms with Crippen LogP contribution in [0.3, 0.4) is 0 Å². The van der Waals surface area contributed by atoms with Gasteiger partial charge < -0.3 is 14.6 Å². The number of pyridine rings is 1. The Morgan fingerprint density at radius 1 is 1.33 bits per heavy atom. The molecule has 0 atom stereocenters. The van der Waals surface area contributed by atoms with Crippen molar-refractivity contribution in [2.24, 2.45) is 5.92 Å². The maximum atomic E-state index is 12.0. The minimum Gasteiger partial charge on any atom is -0.489 e. The highest BCUT2D eigenvalue weighted by Gasteiger charge is 2.25. The van der Waals surface area contributed by atoms with E-state index in [1.165, 1.54) is 0 Å². The van der Waals surface area contributed by atoms with Crippen LogP contribution >= 0.6 is 11.6 Å². The zero-order chi connectivity index (χ0) is 17.3. The summed E-state index contributed by atoms with van der Waals surface area (Å²) in [5.41, 5.74) is -0.165. The monoisotopic (exact) mass is 348 g/mol. The van der Waals surface area contributed by atoms with Gasteiger partial charge in [0.1, 0.15) is 11.9 Å². The van der Waals surface area contributed by atoms with E-state index >= 15 is 0 Å². The second-order valence-electron chi connectivity index (χ2n) is 6.47. The molecule has 2 aromatic rings. The second kappa shape index (κ2) is 6.85. The highest BCUT2D eigenvalue weighted by molar-refractivity contribution is 6.32. The van der Waals surface area contributed by atoms with Crippen LogP contribution in [-0.4, -0.2) is 35.0 Å². The molecule has 128 valence electrons. The molecule has 6 heteroatoms. The smallest absolute Gasteiger partial charge is 0.255 e. The topological polar surface area (TPSA) is 62.4 Å². The molecule has 24 heavy (non-hydrogen) atoms. The number of fused-ring (bicyclic) bond motifs is 1. The summed E-state index contributed by atoms with van der Waals surface area (Å²) in [5.74, 6) is 0.801. The van der Waals surface area contributed by atoms with E-state index in [0.717, 1.165) is 18.2 Å². The Balaban J connectivity index is 1.71. The minimum absolute atomic E-state index is 0.0236. The molecule has 0 unspecified atom stereocenters. The van der Waals surface area contributed by atoms with Crippen molar-refractivity contribution in [2.45, 2.75) is 32.8 Å². The van der Waals surface area contributed by atoms with Crippen LogP contribution in [0.2, 0.25) is 5.02 Å². The van der Waals surface area contributed by atoms with E-state index in [-0.39, 0.29) is 23.5 Å². The highest BCUT2D eigenvalue weighted by Crippen LogP contribution is 2.31. The fourth-order valence-electron chi connectivity index (χ4n) is 3.02. The molecule has 3 rings (SSSR count). The van der Waals surface area contributed by atoms with Crippen molar-refractivity contribution in [1.82, 2.24) is 9.88 Å². The number of carbonyl (C=O) groups excluding carboxylic acids is 1. The van der Waals surface area contributed by atoms with Crippen molar-refractivity contribution < 1.29 is 9.53 Å². The Labute approximate surface area is 145 Å². The van der Waals surface area contributed by atoms with E-state index in [1.807, 2.05) is 24.8 Å². The third kappa shape index (κ3) is 3.41. The molecule has 1 aliphatic rings. The van der Waals surface area contributed by atoms with Gasteiger partial charge in [-0.2, -0.15) is 0 Å². The summed E-state index contributed by atoms with van der Waals surface area (Å²) in [4.78, 5) is 28.4. The van der Waals surface area contributed by atoms with Crippen LogP contribution in [0.15, 0.2) is 29.2 Å². The molecule has 1 saturated heterocycles. The number of hydrogen-bond acceptors (Lipinski definition) is 3. The number of nitrogens with zero attached hydrogens (tertiary/aromatic N) is 1. The highest BCUT2D eigenvalue weighted by atomic mass is 35.5. The molecular formula is C18H21ClN2O3. The molecule has 0 radical (unpaired) electrons. The van der Waals surface area contributed by atoms with E-state index in [9.17, 15) is 9.59 Å². The van der Waals surface area contributed by atoms with Gasteiger partial charge in [-0.1, -0.05) is 25.4 Å². The molecule has 1 fully saturated rings. The van der Waals surface area contributed by atoms with E-state index in [4.69, 9.17) is 16.3 Å². The van der Waals surface area contributed by atoms with E-state index in [0.29, 0.717) is 29.2 Å². The largest absolute Gasteiger partial charge is 0.489 e. The summed E-state index contributed by atoms with van der Waals surface area (Å²) in [5, 5.41) is 1.78. The molecule has 1 aromatic heterocycles. The Kier molecular flexibility index (Phi) is 4.81. The van der Waals surface area contributed by atoms with E-state index in [1.54, 1.807) is 18.3 Å². The first kappa shape index (κ1) is 16.8. The number of rotatable bonds is 3. The summed E-state index contributed by atoms with van der Waals surface area (Å²) in [6.07, 6.45) is 3.20. The zero-order valence-electron chi connectivity index (χ0n) is 13.8. The molecule has 1 N–H and O–H groups in total. The Morgan fingerprint density at radius 3 is 2.71 bits per heavy atom. The van der Waals surface area contributed by atoms with Gasteiger partial charge >= 0.3 is 0 Å². The van der Waals surface area contributed by atoms with Crippen LogP contribution in [0.1, 0.15) is 26.7 Å². The molecule has 0 bridgehead atoms. The van der Waals surface area contributed by atoms with Gasteiger partial charge in [0.05, 0.1) is 5.02 Å². The molecule has 0 spiro atoms. The molecule has 1 aromatic carbocycles. The Hall–Kier alpha value is -2.01. The maximum Gasteiger partial charge on any atom is 0.255 e. The fraction of sp³-hybridized carbons (Fsp3) is 0.444. The number of piperidine rings is 1. The van der Waals surface area contributed by atoms with Crippen LogP contribution in [-0.2, 0) is 4.79 Å². The van der Waals surface area contributed by atoms with Crippen LogP contribution in [0.4, 0.5) is 0 Å². The predicted octanol–water partition coefficient (Wildman–Crippen LogP) is 3.21. The van der Waals surface area contributed by atoms with Crippen LogP contribution < -0.4 is 10.3 Å². The van der Waals surface area contributed by atoms with Crippen molar-refractivity contribution in [3.63, 3.8) is 0 Å². The first-order valence-electron chi connectivity index (χ1n) is 8.22. The van der Waals surface area contributed by atoms with Gasteiger partial charge in [0.15, 0.2) is 0 Å². The lowest BCUT2D eigenvalue weighted by Crippen LogP contribution is -2.43. The van der Waals surface area contributed by atoms with Gasteiger partial charge in [0.2, 0.25) is 5.91 Å². The molecule has 0 saturated carbocycles. The van der Waals surface area contributed by atoms with Gasteiger partial charge in [-0.3, -0.25) is 9.59 Å². The van der Waals surface area contributed by atoms with Crippen LogP contribution in [0.25, 0.3) is 10.8 Å². The number of halogens is 1. The van der Waals surface area contributed by atoms with Crippen LogP contribution in [0, 0.1) is 5.92 Å². The quantitative estimate of drug-likeness (QED) is 0.926. The number of H-pyrrole nitrogens is 1. The summed E-state index contributed by atoms with van der Waals surface area (Å²) in [7, 11) is 0. The lowest BCUT2D eigenvalue weighted by atomic mass is 10.1. The first-order valence-corrected chi connectivity index (χ1v) is 8.60. The predicted molar refractivity (Wildman–Crippen MR) is 94.6 cm³/mol. The van der Waals surface area contributed by atoms with Gasteiger partial charge in [-0.25, -0.2) is 0 Å². The second-order valence-corrected chi connectivity index (χ2v) is 6.88. The van der Waals surface area contributed by atoms with Gasteiger partial charge in [0, 0.05) is 43.4 Å². The van der Waals surface area contributed by atoms with Crippen molar-refractivity contribution >= 4 is 28.3 Å². The number of nitrogens with one attached hydrogen (secondary N) is 1. The van der Waals surface area contributed by atoms with Gasteiger partial charge in [-0.15, -0.1) is 0 Å². The number of ether oxygens (including phenoxy) is 1. The summed E-state index contributed by atoms with van der Waals surface area (Å²) in [6, 6.07) is 5.27. The third-order valence-corrected chi connectivity index (χ3v) is 4.66. The van der Waals surface area contributed by atoms with E-state index in [2.05, 4.69) is 4.98 Å². The van der Waals surface area contributed by atoms with Crippen molar-refractivity contribution in [1.29, 1.82) is 0 Å². The number of aromatic nitrogens is 1. The third-order valence-electron chi connectivity index (χ3n) is 4.37. The van der Waals surface area contributed by atoms with Crippen LogP contribution in [0.5, 0.6) is 5.75 Å². The van der Waals surface area contributed by atoms with Crippen molar-refractivity contribution in [3.8, 4) is 5.75 Å². The number of benzene rings is 1. The molecule has 1 aliphatic heterocycles. The normalized spacial score (nSPS) is 15.9. The Bertz CT molecular complexity index is 808. The Morgan fingerprint density at radius 2 is 2.04 bits per heavy atom. The maximum absolute atomic E-state index is 12.0. The van der Waals surface area contributed by atoms with Gasteiger partial charge in [0.25, 0.3) is 5.56 Å². The molecular weight excluding hydrogens is 328 g/mol. The lowest BCUT2D eigenvalue weighted by Gasteiger charge is -2.33. The van der Waals surface area contributed by atoms with Gasteiger partial charge in [-0.05, 0) is 23.6 Å². The summed E-state index contributed by atoms with van der Waals surface area (Å²) >= 11 is 6.27. The van der Waals surface area contributed by atoms with Crippen molar-refractivity contribution in [3.05, 3.63) is 39.8 Å². The number of likely N-dealkylation sites (tertiary alicyclic amines) is 1. The molecule has 1 amide bonds. The summed E-state index contributed by atoms with van der Waals surface area (Å²) < 4.78 is 6.04. The zero-order valence-corrected chi connectivity index (χ0v) is 14.6. The molecule has 5 nitrogen and oxygen atoms in total. The standard InChI is InChI=1S/C18H21ClN2O3/c1-11(2)18(23)21-7-4-13(5-8-21)24-16-9-12-3-6-20-17(22)14(12)10-15(16)19/h3,6,9-11,13H,4-5,7-8H2,1-2H3,(H,20,22). The average Bonchev–Trinajstić information content (AvgIpc) is 2.56. The molecule has 2 heterocycles. The van der Waals surface area contributed by atoms with Crippen molar-refractivity contribution in [2.75, 3.05) is 13.1 Å². The summed E-state index contributed by atoms with van der Waals surface area (Å²) in [6.45, 7) is 5.24. The first-order chi connectivity index (χ1) is 11.5. The number of hydrogen-bond donors (Lipinski definition) is 1.